The van der Waals surface area contributed by atoms with Crippen molar-refractivity contribution in [3.63, 3.8) is 0 Å². The van der Waals surface area contributed by atoms with Crippen LogP contribution in [-0.2, 0) is 4.74 Å². The fraction of sp³-hybridized carbons (Fsp3) is 0.125. The van der Waals surface area contributed by atoms with E-state index in [1.54, 1.807) is 0 Å². The second kappa shape index (κ2) is 5.76. The van der Waals surface area contributed by atoms with Gasteiger partial charge in [-0.05, 0) is 12.1 Å². The Morgan fingerprint density at radius 2 is 1.88 bits per heavy atom. The van der Waals surface area contributed by atoms with Crippen LogP contribution in [0.4, 0.5) is 0 Å². The zero-order valence-electron chi connectivity index (χ0n) is 8.41. The summed E-state index contributed by atoms with van der Waals surface area (Å²) in [5.41, 5.74) is 10.5. The van der Waals surface area contributed by atoms with Gasteiger partial charge in [0.25, 0.3) is 0 Å². The molecule has 1 aromatic rings. The molecule has 0 saturated carbocycles. The first kappa shape index (κ1) is 14.0. The normalized spacial score (nSPS) is 8.81. The Kier molecular flexibility index (Phi) is 5.03. The number of hydrogen-bond donors (Lipinski definition) is 4. The molecule has 1 amide bonds. The number of H-pyrrole nitrogens is 1. The largest absolute Gasteiger partial charge is 1.00 e. The third-order valence-corrected chi connectivity index (χ3v) is 1.59. The summed E-state index contributed by atoms with van der Waals surface area (Å²) in [4.78, 5) is 27.1. The molecule has 7 nitrogen and oxygen atoms in total. The summed E-state index contributed by atoms with van der Waals surface area (Å²) in [5, 5.41) is 0. The van der Waals surface area contributed by atoms with Crippen LogP contribution in [-0.4, -0.2) is 29.9 Å². The number of rotatable bonds is 2. The van der Waals surface area contributed by atoms with E-state index < -0.39 is 11.9 Å². The van der Waals surface area contributed by atoms with Gasteiger partial charge in [-0.2, -0.15) is 0 Å². The lowest BCUT2D eigenvalue weighted by molar-refractivity contribution is -0.347. The molecule has 8 heteroatoms. The van der Waals surface area contributed by atoms with Crippen LogP contribution in [0.25, 0.3) is 0 Å². The van der Waals surface area contributed by atoms with Crippen LogP contribution in [0.15, 0.2) is 12.1 Å². The predicted molar refractivity (Wildman–Crippen MR) is 50.8 cm³/mol. The molecule has 16 heavy (non-hydrogen) atoms. The first-order valence-electron chi connectivity index (χ1n) is 4.01. The monoisotopic (exact) mass is 246 g/mol. The summed E-state index contributed by atoms with van der Waals surface area (Å²) in [6, 6.07) is 2.85. The number of ether oxygens (including phenoxy) is 1. The van der Waals surface area contributed by atoms with E-state index >= 15 is 0 Å². The summed E-state index contributed by atoms with van der Waals surface area (Å²) < 4.78 is 4.45. The van der Waals surface area contributed by atoms with Crippen molar-refractivity contribution in [2.24, 2.45) is 11.5 Å². The minimum Gasteiger partial charge on any atom is -1.00 e. The van der Waals surface area contributed by atoms with Crippen molar-refractivity contribution in [3.8, 4) is 0 Å². The smallest absolute Gasteiger partial charge is 0.354 e. The Morgan fingerprint density at radius 1 is 1.31 bits per heavy atom. The topological polar surface area (TPSA) is 125 Å². The van der Waals surface area contributed by atoms with Gasteiger partial charge < -0.3 is 22.1 Å². The highest BCUT2D eigenvalue weighted by Gasteiger charge is 2.13. The van der Waals surface area contributed by atoms with Crippen LogP contribution in [0, 0.1) is 0 Å². The highest BCUT2D eigenvalue weighted by atomic mass is 35.5. The number of guanidine groups is 1. The van der Waals surface area contributed by atoms with E-state index in [-0.39, 0.29) is 29.8 Å². The molecule has 6 N–H and O–H groups in total. The number of esters is 1. The lowest BCUT2D eigenvalue weighted by Gasteiger charge is -1.93. The quantitative estimate of drug-likeness (QED) is 0.235. The second-order valence-corrected chi connectivity index (χ2v) is 2.69. The van der Waals surface area contributed by atoms with E-state index in [1.165, 1.54) is 19.2 Å². The van der Waals surface area contributed by atoms with Crippen molar-refractivity contribution >= 4 is 17.8 Å². The molecule has 1 aromatic heterocycles. The van der Waals surface area contributed by atoms with Crippen molar-refractivity contribution < 1.29 is 31.7 Å². The summed E-state index contributed by atoms with van der Waals surface area (Å²) in [7, 11) is 1.24. The molecule has 0 aliphatic rings. The molecule has 0 radical (unpaired) electrons. The zero-order chi connectivity index (χ0) is 11.4. The number of carbonyl (C=O) groups excluding carboxylic acids is 2. The molecule has 0 spiro atoms. The van der Waals surface area contributed by atoms with Gasteiger partial charge in [-0.25, -0.2) is 14.6 Å². The molecule has 1 rings (SSSR count). The van der Waals surface area contributed by atoms with Gasteiger partial charge in [-0.15, -0.1) is 0 Å². The van der Waals surface area contributed by atoms with Crippen molar-refractivity contribution in [2.75, 3.05) is 7.11 Å². The summed E-state index contributed by atoms with van der Waals surface area (Å²) >= 11 is 0. The molecular formula is C8H11ClN4O3. The van der Waals surface area contributed by atoms with Crippen molar-refractivity contribution in [1.82, 2.24) is 4.98 Å². The molecule has 0 fully saturated rings. The van der Waals surface area contributed by atoms with Gasteiger partial charge in [0.05, 0.1) is 7.11 Å². The molecule has 0 bridgehead atoms. The van der Waals surface area contributed by atoms with Crippen molar-refractivity contribution in [2.45, 2.75) is 0 Å². The second-order valence-electron chi connectivity index (χ2n) is 2.69. The SMILES string of the molecule is COC(=O)c1ccc(C(=O)[NH+]=C(N)N)[nH]1.[Cl-]. The molecule has 88 valence electrons. The van der Waals surface area contributed by atoms with E-state index in [0.29, 0.717) is 0 Å². The van der Waals surface area contributed by atoms with Gasteiger partial charge in [0, 0.05) is 0 Å². The first-order valence-corrected chi connectivity index (χ1v) is 4.01. The third-order valence-electron chi connectivity index (χ3n) is 1.59. The molecule has 0 unspecified atom stereocenters. The van der Waals surface area contributed by atoms with E-state index in [2.05, 4.69) is 14.7 Å². The van der Waals surface area contributed by atoms with Gasteiger partial charge in [0.2, 0.25) is 0 Å². The lowest BCUT2D eigenvalue weighted by atomic mass is 10.4. The number of halogens is 1. The van der Waals surface area contributed by atoms with Crippen LogP contribution in [0.1, 0.15) is 21.0 Å². The first-order chi connectivity index (χ1) is 7.04. The Balaban J connectivity index is 0.00000225. The fourth-order valence-electron chi connectivity index (χ4n) is 0.955. The molecule has 1 heterocycles. The summed E-state index contributed by atoms with van der Waals surface area (Å²) in [6.07, 6.45) is 0. The van der Waals surface area contributed by atoms with Crippen molar-refractivity contribution in [1.29, 1.82) is 0 Å². The van der Waals surface area contributed by atoms with Gasteiger partial charge in [-0.3, -0.25) is 11.5 Å². The zero-order valence-corrected chi connectivity index (χ0v) is 9.17. The van der Waals surface area contributed by atoms with Crippen molar-refractivity contribution in [3.05, 3.63) is 23.5 Å². The minimum absolute atomic E-state index is 0. The Hall–Kier alpha value is -2.02. The minimum atomic E-state index is -0.557. The molecule has 0 aliphatic carbocycles. The Labute approximate surface area is 97.3 Å². The standard InChI is InChI=1S/C8H10N4O3.ClH/c1-15-7(14)5-3-2-4(11-5)6(13)12-8(9)10;/h2-3,11H,1H3,(H4,9,10,12,13);1H. The van der Waals surface area contributed by atoms with Gasteiger partial charge >= 0.3 is 17.8 Å². The Morgan fingerprint density at radius 3 is 2.38 bits per heavy atom. The number of nitrogens with two attached hydrogens (primary N) is 2. The lowest BCUT2D eigenvalue weighted by Crippen LogP contribution is -3.00. The Bertz CT molecular complexity index is 423. The number of carbonyl (C=O) groups is 2. The van der Waals surface area contributed by atoms with E-state index in [4.69, 9.17) is 11.5 Å². The highest BCUT2D eigenvalue weighted by molar-refractivity contribution is 5.92. The predicted octanol–water partition coefficient (Wildman–Crippen LogP) is -5.70. The molecule has 0 atom stereocenters. The number of nitrogens with one attached hydrogen (secondary N) is 2. The number of aromatic amines is 1. The average molecular weight is 247 g/mol. The number of aromatic nitrogens is 1. The average Bonchev–Trinajstić information content (AvgIpc) is 2.64. The summed E-state index contributed by atoms with van der Waals surface area (Å²) in [6.45, 7) is 0. The van der Waals surface area contributed by atoms with Gasteiger partial charge in [0.15, 0.2) is 0 Å². The van der Waals surface area contributed by atoms with E-state index in [1.807, 2.05) is 0 Å². The van der Waals surface area contributed by atoms with E-state index in [9.17, 15) is 9.59 Å². The molecule has 0 aromatic carbocycles. The van der Waals surface area contributed by atoms with E-state index in [0.717, 1.165) is 0 Å². The number of hydrogen-bond acceptors (Lipinski definition) is 3. The highest BCUT2D eigenvalue weighted by Crippen LogP contribution is 2.01. The van der Waals surface area contributed by atoms with Gasteiger partial charge in [-0.1, -0.05) is 0 Å². The maximum absolute atomic E-state index is 11.3. The molecule has 0 saturated heterocycles. The maximum Gasteiger partial charge on any atom is 0.354 e. The third kappa shape index (κ3) is 3.28. The maximum atomic E-state index is 11.3. The van der Waals surface area contributed by atoms with Gasteiger partial charge in [0.1, 0.15) is 11.4 Å². The van der Waals surface area contributed by atoms with Crippen LogP contribution >= 0.6 is 0 Å². The van der Waals surface area contributed by atoms with Crippen LogP contribution in [0.2, 0.25) is 0 Å². The summed E-state index contributed by atoms with van der Waals surface area (Å²) in [5.74, 6) is -1.29. The number of amides is 1. The molecular weight excluding hydrogens is 236 g/mol. The van der Waals surface area contributed by atoms with Crippen LogP contribution < -0.4 is 28.9 Å². The van der Waals surface area contributed by atoms with Crippen LogP contribution in [0.5, 0.6) is 0 Å². The molecule has 0 aliphatic heterocycles. The fourth-order valence-corrected chi connectivity index (χ4v) is 0.955. The number of methoxy groups -OCH3 is 1. The van der Waals surface area contributed by atoms with Crippen LogP contribution in [0.3, 0.4) is 0 Å².